The first-order valence-corrected chi connectivity index (χ1v) is 12.7. The summed E-state index contributed by atoms with van der Waals surface area (Å²) >= 11 is 0. The number of hydrogen-bond donors (Lipinski definition) is 2. The van der Waals surface area contributed by atoms with E-state index in [4.69, 9.17) is 4.98 Å². The van der Waals surface area contributed by atoms with Crippen LogP contribution in [-0.2, 0) is 11.1 Å². The Bertz CT molecular complexity index is 1240. The monoisotopic (exact) mass is 472 g/mol. The van der Waals surface area contributed by atoms with Crippen molar-refractivity contribution in [1.82, 2.24) is 19.4 Å². The quantitative estimate of drug-likeness (QED) is 0.541. The minimum absolute atomic E-state index is 0.127. The summed E-state index contributed by atoms with van der Waals surface area (Å²) < 4.78 is 2.23. The van der Waals surface area contributed by atoms with Gasteiger partial charge in [-0.25, -0.2) is 4.98 Å². The summed E-state index contributed by atoms with van der Waals surface area (Å²) in [5.41, 5.74) is 3.55. The van der Waals surface area contributed by atoms with Crippen LogP contribution in [0.2, 0.25) is 0 Å². The van der Waals surface area contributed by atoms with Crippen LogP contribution in [-0.4, -0.2) is 56.4 Å². The van der Waals surface area contributed by atoms with Gasteiger partial charge in [-0.15, -0.1) is 0 Å². The maximum Gasteiger partial charge on any atom is 0.124 e. The standard InChI is InChI=1S/C29H36N4O2/c1-20(2)21-5-7-23(8-6-21)29(35,26(3)16-32(4)17-26)24-9-22(10-30-11-24)25-12-33(19-31-25)28-13-27(14-28,15-28)18-34/h5-12,19-20,34-35H,13-18H2,1-4H3/t27?,28?,29-/m0/s1. The van der Waals surface area contributed by atoms with Crippen molar-refractivity contribution < 1.29 is 10.2 Å². The number of nitrogens with zero attached hydrogens (tertiary/aromatic N) is 4. The largest absolute Gasteiger partial charge is 0.396 e. The van der Waals surface area contributed by atoms with Crippen LogP contribution in [0.25, 0.3) is 11.3 Å². The lowest BCUT2D eigenvalue weighted by Crippen LogP contribution is -2.68. The van der Waals surface area contributed by atoms with Crippen molar-refractivity contribution in [2.24, 2.45) is 10.8 Å². The maximum absolute atomic E-state index is 12.5. The van der Waals surface area contributed by atoms with Crippen molar-refractivity contribution in [3.05, 3.63) is 71.9 Å². The van der Waals surface area contributed by atoms with E-state index in [1.807, 2.05) is 18.7 Å². The van der Waals surface area contributed by atoms with Crippen LogP contribution in [0.4, 0.5) is 0 Å². The number of aliphatic hydroxyl groups is 2. The molecule has 35 heavy (non-hydrogen) atoms. The summed E-state index contributed by atoms with van der Waals surface area (Å²) in [5, 5.41) is 22.1. The second-order valence-electron chi connectivity index (χ2n) is 12.3. The zero-order valence-electron chi connectivity index (χ0n) is 21.2. The Morgan fingerprint density at radius 3 is 2.34 bits per heavy atom. The van der Waals surface area contributed by atoms with Gasteiger partial charge in [-0.2, -0.15) is 0 Å². The van der Waals surface area contributed by atoms with Gasteiger partial charge in [0.2, 0.25) is 0 Å². The Hall–Kier alpha value is -2.54. The molecule has 4 aliphatic rings. The number of imidazole rings is 1. The van der Waals surface area contributed by atoms with Crippen molar-refractivity contribution in [2.45, 2.75) is 57.1 Å². The van der Waals surface area contributed by atoms with E-state index in [1.165, 1.54) is 5.56 Å². The number of aliphatic hydroxyl groups excluding tert-OH is 1. The molecule has 184 valence electrons. The predicted molar refractivity (Wildman–Crippen MR) is 136 cm³/mol. The van der Waals surface area contributed by atoms with E-state index in [0.717, 1.165) is 54.7 Å². The molecule has 6 heteroatoms. The minimum atomic E-state index is -1.16. The summed E-state index contributed by atoms with van der Waals surface area (Å²) in [6.07, 6.45) is 10.8. The minimum Gasteiger partial charge on any atom is -0.396 e. The van der Waals surface area contributed by atoms with E-state index in [0.29, 0.717) is 5.92 Å². The highest BCUT2D eigenvalue weighted by Crippen LogP contribution is 2.71. The smallest absolute Gasteiger partial charge is 0.124 e. The molecular formula is C29H36N4O2. The van der Waals surface area contributed by atoms with Crippen molar-refractivity contribution in [1.29, 1.82) is 0 Å². The molecule has 3 aliphatic carbocycles. The third-order valence-corrected chi connectivity index (χ3v) is 9.14. The van der Waals surface area contributed by atoms with E-state index in [-0.39, 0.29) is 23.0 Å². The molecule has 3 aromatic rings. The molecule has 7 rings (SSSR count). The van der Waals surface area contributed by atoms with Gasteiger partial charge in [-0.1, -0.05) is 45.0 Å². The van der Waals surface area contributed by atoms with Gasteiger partial charge in [0.1, 0.15) is 5.60 Å². The van der Waals surface area contributed by atoms with E-state index in [1.54, 1.807) is 0 Å². The van der Waals surface area contributed by atoms with E-state index in [2.05, 4.69) is 78.8 Å². The van der Waals surface area contributed by atoms with Crippen molar-refractivity contribution in [2.75, 3.05) is 26.7 Å². The van der Waals surface area contributed by atoms with E-state index >= 15 is 0 Å². The summed E-state index contributed by atoms with van der Waals surface area (Å²) in [7, 11) is 2.09. The molecule has 2 aromatic heterocycles. The van der Waals surface area contributed by atoms with Gasteiger partial charge in [-0.3, -0.25) is 4.98 Å². The van der Waals surface area contributed by atoms with Gasteiger partial charge >= 0.3 is 0 Å². The molecule has 3 heterocycles. The number of benzene rings is 1. The van der Waals surface area contributed by atoms with Gasteiger partial charge in [0.05, 0.1) is 12.0 Å². The lowest BCUT2D eigenvalue weighted by molar-refractivity contribution is -0.207. The molecule has 1 aromatic carbocycles. The summed E-state index contributed by atoms with van der Waals surface area (Å²) in [5.74, 6) is 0.441. The van der Waals surface area contributed by atoms with Gasteiger partial charge in [-0.05, 0) is 49.4 Å². The van der Waals surface area contributed by atoms with E-state index < -0.39 is 5.60 Å². The molecule has 1 aliphatic heterocycles. The summed E-state index contributed by atoms with van der Waals surface area (Å²) in [4.78, 5) is 11.5. The Kier molecular flexibility index (Phi) is 4.89. The fourth-order valence-corrected chi connectivity index (χ4v) is 7.24. The second-order valence-corrected chi connectivity index (χ2v) is 12.3. The normalized spacial score (nSPS) is 28.7. The summed E-state index contributed by atoms with van der Waals surface area (Å²) in [6.45, 7) is 8.45. The Morgan fingerprint density at radius 2 is 1.74 bits per heavy atom. The first-order chi connectivity index (χ1) is 16.6. The molecule has 4 fully saturated rings. The molecule has 0 amide bonds. The molecule has 6 nitrogen and oxygen atoms in total. The second kappa shape index (κ2) is 7.48. The van der Waals surface area contributed by atoms with Gasteiger partial charge in [0, 0.05) is 65.8 Å². The van der Waals surface area contributed by atoms with Crippen LogP contribution in [0.5, 0.6) is 0 Å². The topological polar surface area (TPSA) is 74.4 Å². The zero-order chi connectivity index (χ0) is 24.6. The Balaban J connectivity index is 1.36. The average molecular weight is 473 g/mol. The van der Waals surface area contributed by atoms with Crippen molar-refractivity contribution >= 4 is 0 Å². The lowest BCUT2D eigenvalue weighted by Gasteiger charge is -2.70. The van der Waals surface area contributed by atoms with Crippen molar-refractivity contribution in [3.63, 3.8) is 0 Å². The lowest BCUT2D eigenvalue weighted by atomic mass is 9.39. The highest BCUT2D eigenvalue weighted by molar-refractivity contribution is 5.59. The Morgan fingerprint density at radius 1 is 1.06 bits per heavy atom. The third kappa shape index (κ3) is 3.19. The van der Waals surface area contributed by atoms with Crippen LogP contribution in [0, 0.1) is 10.8 Å². The Labute approximate surface area is 207 Å². The van der Waals surface area contributed by atoms with E-state index in [9.17, 15) is 10.2 Å². The fraction of sp³-hybridized carbons (Fsp3) is 0.517. The van der Waals surface area contributed by atoms with Gasteiger partial charge in [0.15, 0.2) is 0 Å². The molecule has 0 unspecified atom stereocenters. The van der Waals surface area contributed by atoms with Crippen LogP contribution in [0.15, 0.2) is 55.2 Å². The zero-order valence-corrected chi connectivity index (χ0v) is 21.2. The first-order valence-electron chi connectivity index (χ1n) is 12.7. The highest BCUT2D eigenvalue weighted by Gasteiger charge is 2.68. The SMILES string of the molecule is CC(C)c1ccc([C@](O)(c2cncc(-c3cn(C45CC(CO)(C4)C5)cn3)c2)C2(C)CN(C)C2)cc1. The summed E-state index contributed by atoms with van der Waals surface area (Å²) in [6, 6.07) is 10.5. The number of rotatable bonds is 7. The fourth-order valence-electron chi connectivity index (χ4n) is 7.24. The molecule has 2 N–H and O–H groups in total. The molecule has 2 bridgehead atoms. The molecule has 1 saturated heterocycles. The average Bonchev–Trinajstić information content (AvgIpc) is 3.26. The molecule has 1 atom stereocenters. The third-order valence-electron chi connectivity index (χ3n) is 9.14. The molecular weight excluding hydrogens is 436 g/mol. The molecule has 0 radical (unpaired) electrons. The van der Waals surface area contributed by atoms with Crippen molar-refractivity contribution in [3.8, 4) is 11.3 Å². The maximum atomic E-state index is 12.5. The van der Waals surface area contributed by atoms with Crippen LogP contribution >= 0.6 is 0 Å². The van der Waals surface area contributed by atoms with Crippen LogP contribution in [0.1, 0.15) is 62.6 Å². The molecule has 0 spiro atoms. The predicted octanol–water partition coefficient (Wildman–Crippen LogP) is 4.13. The number of pyridine rings is 1. The van der Waals surface area contributed by atoms with Gasteiger partial charge < -0.3 is 19.7 Å². The number of aromatic nitrogens is 3. The number of hydrogen-bond acceptors (Lipinski definition) is 5. The highest BCUT2D eigenvalue weighted by atomic mass is 16.3. The number of likely N-dealkylation sites (tertiary alicyclic amines) is 1. The molecule has 3 saturated carbocycles. The van der Waals surface area contributed by atoms with Crippen LogP contribution < -0.4 is 0 Å². The van der Waals surface area contributed by atoms with Gasteiger partial charge in [0.25, 0.3) is 0 Å². The first kappa shape index (κ1) is 22.9. The van der Waals surface area contributed by atoms with Crippen LogP contribution in [0.3, 0.4) is 0 Å².